The van der Waals surface area contributed by atoms with Crippen molar-refractivity contribution in [1.82, 2.24) is 15.0 Å². The molecule has 0 unspecified atom stereocenters. The van der Waals surface area contributed by atoms with Crippen LogP contribution < -0.4 is 0 Å². The third-order valence-corrected chi connectivity index (χ3v) is 10.8. The summed E-state index contributed by atoms with van der Waals surface area (Å²) in [7, 11) is 0. The highest BCUT2D eigenvalue weighted by Crippen LogP contribution is 2.43. The molecule has 0 radical (unpaired) electrons. The molecule has 0 spiro atoms. The zero-order valence-corrected chi connectivity index (χ0v) is 31.4. The lowest BCUT2D eigenvalue weighted by atomic mass is 9.85. The molecular weight excluding hydrogens is 705 g/mol. The van der Waals surface area contributed by atoms with Crippen LogP contribution in [0.15, 0.2) is 206 Å². The Bertz CT molecular complexity index is 3170. The van der Waals surface area contributed by atoms with E-state index >= 15 is 0 Å². The van der Waals surface area contributed by atoms with Crippen molar-refractivity contribution in [1.29, 1.82) is 5.26 Å². The molecule has 270 valence electrons. The van der Waals surface area contributed by atoms with Crippen molar-refractivity contribution in [3.63, 3.8) is 0 Å². The van der Waals surface area contributed by atoms with Crippen LogP contribution in [0, 0.1) is 11.3 Å². The molecule has 1 aromatic heterocycles. The van der Waals surface area contributed by atoms with Gasteiger partial charge >= 0.3 is 0 Å². The Kier molecular flexibility index (Phi) is 8.87. The normalized spacial score (nSPS) is 11.1. The van der Waals surface area contributed by atoms with E-state index < -0.39 is 0 Å². The van der Waals surface area contributed by atoms with Crippen molar-refractivity contribution in [2.75, 3.05) is 0 Å². The van der Waals surface area contributed by atoms with E-state index in [0.717, 1.165) is 61.2 Å². The van der Waals surface area contributed by atoms with Gasteiger partial charge in [-0.1, -0.05) is 194 Å². The van der Waals surface area contributed by atoms with Crippen molar-refractivity contribution in [3.05, 3.63) is 212 Å². The second kappa shape index (κ2) is 14.9. The minimum absolute atomic E-state index is 0.570. The maximum absolute atomic E-state index is 10.5. The fraction of sp³-hybridized carbons (Fsp3) is 0. The number of rotatable bonds is 7. The minimum Gasteiger partial charge on any atom is -0.208 e. The molecule has 0 amide bonds. The summed E-state index contributed by atoms with van der Waals surface area (Å²) in [5.74, 6) is 1.77. The summed E-state index contributed by atoms with van der Waals surface area (Å²) in [4.78, 5) is 15.2. The fourth-order valence-electron chi connectivity index (χ4n) is 8.09. The third kappa shape index (κ3) is 6.27. The zero-order chi connectivity index (χ0) is 38.8. The number of nitriles is 1. The maximum atomic E-state index is 10.5. The molecule has 0 aliphatic heterocycles. The predicted molar refractivity (Wildman–Crippen MR) is 238 cm³/mol. The lowest BCUT2D eigenvalue weighted by Gasteiger charge is -2.18. The molecule has 1 heterocycles. The summed E-state index contributed by atoms with van der Waals surface area (Å²) >= 11 is 0. The molecule has 0 aliphatic carbocycles. The van der Waals surface area contributed by atoms with Crippen LogP contribution in [-0.2, 0) is 0 Å². The summed E-state index contributed by atoms with van der Waals surface area (Å²) in [5, 5.41) is 15.4. The molecule has 10 rings (SSSR count). The Morgan fingerprint density at radius 1 is 0.310 bits per heavy atom. The number of hydrogen-bond acceptors (Lipinski definition) is 4. The number of aromatic nitrogens is 3. The molecule has 0 saturated heterocycles. The molecular formula is C54H34N4. The molecule has 0 bridgehead atoms. The lowest BCUT2D eigenvalue weighted by Crippen LogP contribution is -2.01. The van der Waals surface area contributed by atoms with E-state index in [1.54, 1.807) is 0 Å². The number of nitrogens with zero attached hydrogens (tertiary/aromatic N) is 4. The van der Waals surface area contributed by atoms with Gasteiger partial charge in [0.25, 0.3) is 0 Å². The average Bonchev–Trinajstić information content (AvgIpc) is 3.31. The van der Waals surface area contributed by atoms with Crippen molar-refractivity contribution >= 4 is 21.5 Å². The zero-order valence-electron chi connectivity index (χ0n) is 31.4. The van der Waals surface area contributed by atoms with E-state index in [4.69, 9.17) is 15.0 Å². The average molecular weight is 739 g/mol. The SMILES string of the molecule is N#Cc1cccc(-c2ccccc2-c2cc3ccccc3c3ccccc23)c1-c1ccc(-c2nc(-c3ccccc3)nc(-c3ccccc3-c3ccccc3)n2)cc1. The smallest absolute Gasteiger partial charge is 0.164 e. The Hall–Kier alpha value is -8.00. The number of hydrogen-bond donors (Lipinski definition) is 0. The molecule has 0 aliphatic rings. The van der Waals surface area contributed by atoms with E-state index in [-0.39, 0.29) is 0 Å². The Balaban J connectivity index is 1.11. The Morgan fingerprint density at radius 3 is 1.48 bits per heavy atom. The second-order valence-corrected chi connectivity index (χ2v) is 14.2. The van der Waals surface area contributed by atoms with Crippen LogP contribution in [0.5, 0.6) is 0 Å². The van der Waals surface area contributed by atoms with Crippen molar-refractivity contribution < 1.29 is 0 Å². The quantitative estimate of drug-likeness (QED) is 0.153. The molecule has 58 heavy (non-hydrogen) atoms. The van der Waals surface area contributed by atoms with Gasteiger partial charge in [0.2, 0.25) is 0 Å². The second-order valence-electron chi connectivity index (χ2n) is 14.2. The fourth-order valence-corrected chi connectivity index (χ4v) is 8.09. The topological polar surface area (TPSA) is 62.5 Å². The van der Waals surface area contributed by atoms with Gasteiger partial charge in [0.05, 0.1) is 11.6 Å². The summed E-state index contributed by atoms with van der Waals surface area (Å²) in [6.07, 6.45) is 0. The first-order valence-corrected chi connectivity index (χ1v) is 19.3. The van der Waals surface area contributed by atoms with Gasteiger partial charge in [-0.3, -0.25) is 0 Å². The predicted octanol–water partition coefficient (Wildman–Crippen LogP) is 13.7. The van der Waals surface area contributed by atoms with Crippen LogP contribution in [0.1, 0.15) is 5.56 Å². The van der Waals surface area contributed by atoms with Gasteiger partial charge in [-0.25, -0.2) is 15.0 Å². The monoisotopic (exact) mass is 738 g/mol. The third-order valence-electron chi connectivity index (χ3n) is 10.8. The largest absolute Gasteiger partial charge is 0.208 e. The molecule has 4 heteroatoms. The number of fused-ring (bicyclic) bond motifs is 3. The van der Waals surface area contributed by atoms with Crippen LogP contribution in [-0.4, -0.2) is 15.0 Å². The maximum Gasteiger partial charge on any atom is 0.164 e. The highest BCUT2D eigenvalue weighted by molar-refractivity contribution is 6.15. The van der Waals surface area contributed by atoms with E-state index in [9.17, 15) is 5.26 Å². The van der Waals surface area contributed by atoms with E-state index in [0.29, 0.717) is 23.0 Å². The Morgan fingerprint density at radius 2 is 0.793 bits per heavy atom. The lowest BCUT2D eigenvalue weighted by molar-refractivity contribution is 1.07. The number of benzene rings is 9. The first-order valence-electron chi connectivity index (χ1n) is 19.3. The first-order chi connectivity index (χ1) is 28.7. The van der Waals surface area contributed by atoms with Crippen LogP contribution in [0.3, 0.4) is 0 Å². The Labute approximate surface area is 337 Å². The van der Waals surface area contributed by atoms with Gasteiger partial charge in [-0.15, -0.1) is 0 Å². The van der Waals surface area contributed by atoms with Crippen molar-refractivity contribution in [2.45, 2.75) is 0 Å². The minimum atomic E-state index is 0.570. The summed E-state index contributed by atoms with van der Waals surface area (Å²) in [6.45, 7) is 0. The molecule has 4 nitrogen and oxygen atoms in total. The first kappa shape index (κ1) is 34.5. The molecule has 0 N–H and O–H groups in total. The van der Waals surface area contributed by atoms with Crippen LogP contribution >= 0.6 is 0 Å². The van der Waals surface area contributed by atoms with Crippen molar-refractivity contribution in [3.8, 4) is 84.7 Å². The standard InChI is InChI=1S/C54H34N4/c55-35-41-21-15-29-48(45-25-11-13-27-47(45)50-34-40-20-7-8-23-43(40)44-24-10-12-26-46(44)50)51(41)37-30-32-39(33-31-37)53-56-52(38-18-5-2-6-19-38)57-54(58-53)49-28-14-9-22-42(49)36-16-3-1-4-17-36/h1-34H. The van der Waals surface area contributed by atoms with Gasteiger partial charge in [0.15, 0.2) is 17.5 Å². The molecule has 0 saturated carbocycles. The van der Waals surface area contributed by atoms with E-state index in [1.165, 1.54) is 21.5 Å². The molecule has 0 atom stereocenters. The highest BCUT2D eigenvalue weighted by atomic mass is 15.0. The van der Waals surface area contributed by atoms with Gasteiger partial charge in [-0.2, -0.15) is 5.26 Å². The van der Waals surface area contributed by atoms with E-state index in [2.05, 4.69) is 127 Å². The summed E-state index contributed by atoms with van der Waals surface area (Å²) in [5.41, 5.74) is 11.6. The molecule has 10 aromatic rings. The van der Waals surface area contributed by atoms with Crippen molar-refractivity contribution in [2.24, 2.45) is 0 Å². The molecule has 9 aromatic carbocycles. The summed E-state index contributed by atoms with van der Waals surface area (Å²) in [6, 6.07) is 73.3. The van der Waals surface area contributed by atoms with Crippen LogP contribution in [0.2, 0.25) is 0 Å². The highest BCUT2D eigenvalue weighted by Gasteiger charge is 2.20. The van der Waals surface area contributed by atoms with Gasteiger partial charge in [-0.05, 0) is 72.6 Å². The van der Waals surface area contributed by atoms with Gasteiger partial charge in [0.1, 0.15) is 0 Å². The summed E-state index contributed by atoms with van der Waals surface area (Å²) < 4.78 is 0. The van der Waals surface area contributed by atoms with Gasteiger partial charge in [0, 0.05) is 22.3 Å². The molecule has 0 fully saturated rings. The van der Waals surface area contributed by atoms with E-state index in [1.807, 2.05) is 84.9 Å². The van der Waals surface area contributed by atoms with Gasteiger partial charge < -0.3 is 0 Å². The van der Waals surface area contributed by atoms with Crippen LogP contribution in [0.4, 0.5) is 0 Å². The van der Waals surface area contributed by atoms with Crippen LogP contribution in [0.25, 0.3) is 100 Å².